The summed E-state index contributed by atoms with van der Waals surface area (Å²) in [5.41, 5.74) is -0.191. The van der Waals surface area contributed by atoms with Gasteiger partial charge in [-0.2, -0.15) is 0 Å². The van der Waals surface area contributed by atoms with Crippen molar-refractivity contribution < 1.29 is 29.0 Å². The molecule has 4 fully saturated rings. The Kier molecular flexibility index (Phi) is 8.92. The second-order valence-electron chi connectivity index (χ2n) is 11.0. The predicted octanol–water partition coefficient (Wildman–Crippen LogP) is 0.313. The third-order valence-electron chi connectivity index (χ3n) is 8.58. The normalized spacial score (nSPS) is 32.7. The highest BCUT2D eigenvalue weighted by molar-refractivity contribution is 9.09. The van der Waals surface area contributed by atoms with Gasteiger partial charge in [0.25, 0.3) is 0 Å². The first-order chi connectivity index (χ1) is 18.9. The number of morpholine rings is 1. The monoisotopic (exact) mass is 606 g/mol. The molecule has 1 aromatic carbocycles. The van der Waals surface area contributed by atoms with E-state index in [1.165, 1.54) is 4.90 Å². The van der Waals surface area contributed by atoms with E-state index in [0.717, 1.165) is 25.1 Å². The molecule has 4 aliphatic heterocycles. The summed E-state index contributed by atoms with van der Waals surface area (Å²) in [6, 6.07) is 8.03. The highest BCUT2D eigenvalue weighted by atomic mass is 79.9. The quantitative estimate of drug-likeness (QED) is 0.310. The number of hydrogen-bond donors (Lipinski definition) is 3. The number of carbonyl (C=O) groups excluding carboxylic acids is 3. The van der Waals surface area contributed by atoms with E-state index in [0.29, 0.717) is 45.7 Å². The molecule has 4 saturated heterocycles. The summed E-state index contributed by atoms with van der Waals surface area (Å²) >= 11 is 3.70. The number of benzene rings is 1. The van der Waals surface area contributed by atoms with Crippen molar-refractivity contribution in [3.63, 3.8) is 0 Å². The fourth-order valence-electron chi connectivity index (χ4n) is 6.82. The molecule has 0 radical (unpaired) electrons. The molecule has 0 aliphatic carbocycles. The highest BCUT2D eigenvalue weighted by Gasteiger charge is 2.77. The van der Waals surface area contributed by atoms with Crippen molar-refractivity contribution in [2.24, 2.45) is 11.8 Å². The van der Waals surface area contributed by atoms with Crippen molar-refractivity contribution in [3.05, 3.63) is 35.9 Å². The maximum absolute atomic E-state index is 14.2. The maximum Gasteiger partial charge on any atom is 0.245 e. The van der Waals surface area contributed by atoms with Gasteiger partial charge in [-0.15, -0.1) is 0 Å². The zero-order valence-electron chi connectivity index (χ0n) is 22.4. The van der Waals surface area contributed by atoms with Crippen molar-refractivity contribution >= 4 is 33.7 Å². The van der Waals surface area contributed by atoms with Gasteiger partial charge in [0.2, 0.25) is 17.7 Å². The highest BCUT2D eigenvalue weighted by Crippen LogP contribution is 2.60. The minimum absolute atomic E-state index is 0.163. The Morgan fingerprint density at radius 2 is 1.87 bits per heavy atom. The van der Waals surface area contributed by atoms with E-state index < -0.39 is 35.6 Å². The van der Waals surface area contributed by atoms with Gasteiger partial charge in [-0.1, -0.05) is 53.2 Å². The van der Waals surface area contributed by atoms with Crippen LogP contribution in [0.15, 0.2) is 30.3 Å². The molecular formula is C28H39BrN4O6. The van der Waals surface area contributed by atoms with Gasteiger partial charge in [0.1, 0.15) is 11.6 Å². The molecule has 5 rings (SSSR count). The van der Waals surface area contributed by atoms with Crippen LogP contribution in [0.3, 0.4) is 0 Å². The lowest BCUT2D eigenvalue weighted by atomic mass is 9.70. The van der Waals surface area contributed by atoms with Gasteiger partial charge in [0, 0.05) is 37.6 Å². The number of aliphatic hydroxyl groups is 1. The number of nitrogens with zero attached hydrogens (tertiary/aromatic N) is 2. The summed E-state index contributed by atoms with van der Waals surface area (Å²) in [5, 5.41) is 16.5. The first-order valence-corrected chi connectivity index (χ1v) is 15.0. The van der Waals surface area contributed by atoms with E-state index in [9.17, 15) is 19.5 Å². The van der Waals surface area contributed by atoms with Crippen LogP contribution in [-0.4, -0.2) is 114 Å². The molecule has 1 aromatic rings. The van der Waals surface area contributed by atoms with Crippen LogP contribution in [0.4, 0.5) is 0 Å². The molecule has 3 N–H and O–H groups in total. The van der Waals surface area contributed by atoms with Crippen LogP contribution in [0, 0.1) is 11.8 Å². The lowest BCUT2D eigenvalue weighted by molar-refractivity contribution is -0.145. The largest absolute Gasteiger partial charge is 0.394 e. The molecule has 0 saturated carbocycles. The van der Waals surface area contributed by atoms with Gasteiger partial charge in [-0.05, 0) is 24.8 Å². The van der Waals surface area contributed by atoms with Gasteiger partial charge < -0.3 is 30.1 Å². The third kappa shape index (κ3) is 5.36. The lowest BCUT2D eigenvalue weighted by Gasteiger charge is -2.37. The van der Waals surface area contributed by atoms with E-state index in [1.54, 1.807) is 0 Å². The standard InChI is InChI=1S/C28H39BrN4O6/c1-2-8-30-25(35)21-22-27(37)33(19(17-34)15-18-6-4-3-5-7-18)24(28(22)16-20(29)23(21)39-28)26(36)31-9-10-32-11-13-38-14-12-32/h3-7,19-24,34H,2,8-17H2,1H3,(H,30,35)(H,31,36)/t19-,20?,21+,22+,23+,24?,28?/m1/s1. The van der Waals surface area contributed by atoms with E-state index in [2.05, 4.69) is 31.5 Å². The van der Waals surface area contributed by atoms with Gasteiger partial charge >= 0.3 is 0 Å². The first-order valence-electron chi connectivity index (χ1n) is 14.1. The number of fused-ring (bicyclic) bond motifs is 1. The average Bonchev–Trinajstić information content (AvgIpc) is 3.54. The molecule has 4 aliphatic rings. The Bertz CT molecular complexity index is 1040. The fraction of sp³-hybridized carbons (Fsp3) is 0.679. The van der Waals surface area contributed by atoms with Crippen molar-refractivity contribution in [3.8, 4) is 0 Å². The summed E-state index contributed by atoms with van der Waals surface area (Å²) < 4.78 is 12.0. The van der Waals surface area contributed by atoms with Crippen LogP contribution < -0.4 is 10.6 Å². The minimum atomic E-state index is -1.14. The number of likely N-dealkylation sites (tertiary alicyclic amines) is 1. The lowest BCUT2D eigenvalue weighted by Crippen LogP contribution is -2.59. The van der Waals surface area contributed by atoms with E-state index in [1.807, 2.05) is 37.3 Å². The van der Waals surface area contributed by atoms with Gasteiger partial charge in [0.15, 0.2) is 0 Å². The second-order valence-corrected chi connectivity index (χ2v) is 12.1. The summed E-state index contributed by atoms with van der Waals surface area (Å²) in [7, 11) is 0. The molecule has 39 heavy (non-hydrogen) atoms. The molecular weight excluding hydrogens is 568 g/mol. The van der Waals surface area contributed by atoms with E-state index >= 15 is 0 Å². The molecule has 3 amide bonds. The van der Waals surface area contributed by atoms with E-state index in [-0.39, 0.29) is 29.2 Å². The topological polar surface area (TPSA) is 120 Å². The van der Waals surface area contributed by atoms with Crippen LogP contribution in [0.25, 0.3) is 0 Å². The number of ether oxygens (including phenoxy) is 2. The van der Waals surface area contributed by atoms with Crippen LogP contribution in [-0.2, 0) is 30.3 Å². The number of aliphatic hydroxyl groups excluding tert-OH is 1. The number of carbonyl (C=O) groups is 3. The molecule has 3 unspecified atom stereocenters. The van der Waals surface area contributed by atoms with Gasteiger partial charge in [-0.3, -0.25) is 19.3 Å². The Hall–Kier alpha value is -2.05. The Labute approximate surface area is 237 Å². The number of hydrogen-bond acceptors (Lipinski definition) is 7. The predicted molar refractivity (Wildman–Crippen MR) is 147 cm³/mol. The molecule has 2 bridgehead atoms. The first kappa shape index (κ1) is 28.5. The Morgan fingerprint density at radius 3 is 2.56 bits per heavy atom. The molecule has 1 spiro atoms. The molecule has 214 valence electrons. The van der Waals surface area contributed by atoms with Crippen molar-refractivity contribution in [1.82, 2.24) is 20.4 Å². The Balaban J connectivity index is 1.44. The molecule has 10 nitrogen and oxygen atoms in total. The number of rotatable bonds is 11. The van der Waals surface area contributed by atoms with Crippen LogP contribution >= 0.6 is 15.9 Å². The summed E-state index contributed by atoms with van der Waals surface area (Å²) in [6.45, 7) is 6.22. The molecule has 7 atom stereocenters. The smallest absolute Gasteiger partial charge is 0.245 e. The van der Waals surface area contributed by atoms with Crippen molar-refractivity contribution in [1.29, 1.82) is 0 Å². The number of alkyl halides is 1. The number of halogens is 1. The molecule has 11 heteroatoms. The van der Waals surface area contributed by atoms with Gasteiger partial charge in [-0.25, -0.2) is 0 Å². The third-order valence-corrected chi connectivity index (χ3v) is 9.42. The number of nitrogens with one attached hydrogen (secondary N) is 2. The van der Waals surface area contributed by atoms with Crippen LogP contribution in [0.2, 0.25) is 0 Å². The van der Waals surface area contributed by atoms with Gasteiger partial charge in [0.05, 0.1) is 43.8 Å². The summed E-state index contributed by atoms with van der Waals surface area (Å²) in [6.07, 6.45) is 1.10. The molecule has 0 aromatic heterocycles. The van der Waals surface area contributed by atoms with Crippen LogP contribution in [0.5, 0.6) is 0 Å². The summed E-state index contributed by atoms with van der Waals surface area (Å²) in [5.74, 6) is -2.31. The average molecular weight is 608 g/mol. The zero-order valence-corrected chi connectivity index (χ0v) is 24.0. The van der Waals surface area contributed by atoms with Crippen LogP contribution in [0.1, 0.15) is 25.3 Å². The zero-order chi connectivity index (χ0) is 27.6. The SMILES string of the molecule is CCCNC(=O)[C@H]1[C@H]2C(=O)N([C@@H](CO)Cc3ccccc3)C(C(=O)NCCN3CCOCC3)C23CC(Br)[C@@H]1O3. The number of amides is 3. The second kappa shape index (κ2) is 12.2. The van der Waals surface area contributed by atoms with Crippen molar-refractivity contribution in [2.75, 3.05) is 52.5 Å². The fourth-order valence-corrected chi connectivity index (χ4v) is 7.76. The Morgan fingerprint density at radius 1 is 1.15 bits per heavy atom. The summed E-state index contributed by atoms with van der Waals surface area (Å²) in [4.78, 5) is 45.1. The minimum Gasteiger partial charge on any atom is -0.394 e. The maximum atomic E-state index is 14.2. The van der Waals surface area contributed by atoms with E-state index in [4.69, 9.17) is 9.47 Å². The molecule has 4 heterocycles. The van der Waals surface area contributed by atoms with Crippen molar-refractivity contribution in [2.45, 2.75) is 54.8 Å².